The standard InChI is InChI=1S/C16H12O2S/c1-3-10-4-6-12-14(8-10)18-15-9-11(17-2)5-7-13(15)16(12)19/h3-9H,1H2,2H3. The lowest BCUT2D eigenvalue weighted by Crippen LogP contribution is -1.84. The van der Waals surface area contributed by atoms with E-state index in [-0.39, 0.29) is 0 Å². The summed E-state index contributed by atoms with van der Waals surface area (Å²) in [5, 5.41) is 1.87. The van der Waals surface area contributed by atoms with Gasteiger partial charge in [-0.15, -0.1) is 0 Å². The average molecular weight is 268 g/mol. The first kappa shape index (κ1) is 11.9. The topological polar surface area (TPSA) is 22.4 Å². The molecule has 0 spiro atoms. The maximum absolute atomic E-state index is 5.92. The molecule has 0 aliphatic carbocycles. The third-order valence-electron chi connectivity index (χ3n) is 3.14. The van der Waals surface area contributed by atoms with Gasteiger partial charge in [0.1, 0.15) is 16.9 Å². The molecular formula is C16H12O2S. The SMILES string of the molecule is C=Cc1ccc2c(=S)c3ccc(OC)cc3oc2c1. The minimum Gasteiger partial charge on any atom is -0.497 e. The molecule has 1 heterocycles. The van der Waals surface area contributed by atoms with Gasteiger partial charge >= 0.3 is 0 Å². The van der Waals surface area contributed by atoms with Crippen molar-refractivity contribution in [3.05, 3.63) is 53.1 Å². The number of benzene rings is 2. The molecule has 19 heavy (non-hydrogen) atoms. The lowest BCUT2D eigenvalue weighted by atomic mass is 10.1. The number of rotatable bonds is 2. The molecule has 1 aromatic heterocycles. The molecule has 2 nitrogen and oxygen atoms in total. The molecule has 0 N–H and O–H groups in total. The van der Waals surface area contributed by atoms with E-state index in [1.165, 1.54) is 0 Å². The third-order valence-corrected chi connectivity index (χ3v) is 3.58. The van der Waals surface area contributed by atoms with Gasteiger partial charge in [0.25, 0.3) is 0 Å². The Morgan fingerprint density at radius 1 is 1.11 bits per heavy atom. The number of hydrogen-bond donors (Lipinski definition) is 0. The first-order chi connectivity index (χ1) is 9.22. The van der Waals surface area contributed by atoms with Gasteiger partial charge in [0.05, 0.1) is 11.6 Å². The summed E-state index contributed by atoms with van der Waals surface area (Å²) in [7, 11) is 1.63. The molecule has 0 saturated heterocycles. The van der Waals surface area contributed by atoms with Crippen molar-refractivity contribution in [3.8, 4) is 5.75 Å². The fraction of sp³-hybridized carbons (Fsp3) is 0.0625. The average Bonchev–Trinajstić information content (AvgIpc) is 2.46. The van der Waals surface area contributed by atoms with Crippen molar-refractivity contribution in [1.29, 1.82) is 0 Å². The van der Waals surface area contributed by atoms with Crippen molar-refractivity contribution in [2.45, 2.75) is 0 Å². The van der Waals surface area contributed by atoms with Gasteiger partial charge in [-0.05, 0) is 29.8 Å². The Balaban J connectivity index is 2.44. The van der Waals surface area contributed by atoms with Crippen LogP contribution in [-0.2, 0) is 0 Å². The second kappa shape index (κ2) is 4.52. The van der Waals surface area contributed by atoms with Crippen LogP contribution in [0.3, 0.4) is 0 Å². The van der Waals surface area contributed by atoms with Crippen molar-refractivity contribution >= 4 is 40.2 Å². The molecule has 0 fully saturated rings. The van der Waals surface area contributed by atoms with Crippen LogP contribution >= 0.6 is 12.2 Å². The van der Waals surface area contributed by atoms with E-state index in [0.717, 1.165) is 37.8 Å². The summed E-state index contributed by atoms with van der Waals surface area (Å²) in [5.74, 6) is 0.755. The Morgan fingerprint density at radius 3 is 2.47 bits per heavy atom. The van der Waals surface area contributed by atoms with E-state index in [9.17, 15) is 0 Å². The van der Waals surface area contributed by atoms with E-state index < -0.39 is 0 Å². The van der Waals surface area contributed by atoms with Crippen LogP contribution in [0.1, 0.15) is 5.56 Å². The van der Waals surface area contributed by atoms with Crippen LogP contribution in [0.5, 0.6) is 5.75 Å². The molecule has 0 unspecified atom stereocenters. The highest BCUT2D eigenvalue weighted by Crippen LogP contribution is 2.28. The molecule has 2 aromatic carbocycles. The second-order valence-electron chi connectivity index (χ2n) is 4.25. The monoisotopic (exact) mass is 268 g/mol. The van der Waals surface area contributed by atoms with Crippen LogP contribution in [0.2, 0.25) is 0 Å². The third kappa shape index (κ3) is 1.92. The molecule has 94 valence electrons. The number of hydrogen-bond acceptors (Lipinski definition) is 3. The Hall–Kier alpha value is -2.13. The largest absolute Gasteiger partial charge is 0.497 e. The van der Waals surface area contributed by atoms with Crippen LogP contribution in [0, 0.1) is 4.51 Å². The highest BCUT2D eigenvalue weighted by Gasteiger charge is 2.06. The molecule has 0 amide bonds. The van der Waals surface area contributed by atoms with E-state index in [4.69, 9.17) is 21.4 Å². The first-order valence-electron chi connectivity index (χ1n) is 5.90. The minimum absolute atomic E-state index is 0.734. The van der Waals surface area contributed by atoms with E-state index >= 15 is 0 Å². The molecular weight excluding hydrogens is 256 g/mol. The zero-order chi connectivity index (χ0) is 13.4. The maximum atomic E-state index is 5.92. The maximum Gasteiger partial charge on any atom is 0.139 e. The van der Waals surface area contributed by atoms with Crippen LogP contribution in [0.4, 0.5) is 0 Å². The van der Waals surface area contributed by atoms with E-state index in [0.29, 0.717) is 0 Å². The number of fused-ring (bicyclic) bond motifs is 2. The Labute approximate surface area is 115 Å². The Morgan fingerprint density at radius 2 is 1.79 bits per heavy atom. The van der Waals surface area contributed by atoms with Crippen molar-refractivity contribution in [2.75, 3.05) is 7.11 Å². The highest BCUT2D eigenvalue weighted by molar-refractivity contribution is 7.72. The summed E-state index contributed by atoms with van der Waals surface area (Å²) in [5.41, 5.74) is 2.51. The lowest BCUT2D eigenvalue weighted by molar-refractivity contribution is 0.414. The van der Waals surface area contributed by atoms with E-state index in [1.54, 1.807) is 13.2 Å². The first-order valence-corrected chi connectivity index (χ1v) is 6.31. The lowest BCUT2D eigenvalue weighted by Gasteiger charge is -2.05. The van der Waals surface area contributed by atoms with Crippen molar-refractivity contribution < 1.29 is 9.15 Å². The molecule has 0 atom stereocenters. The van der Waals surface area contributed by atoms with Gasteiger partial charge in [-0.2, -0.15) is 0 Å². The van der Waals surface area contributed by atoms with Crippen LogP contribution in [0.25, 0.3) is 28.0 Å². The number of methoxy groups -OCH3 is 1. The van der Waals surface area contributed by atoms with Gasteiger partial charge in [0, 0.05) is 16.8 Å². The molecule has 0 bridgehead atoms. The van der Waals surface area contributed by atoms with Gasteiger partial charge in [0.2, 0.25) is 0 Å². The predicted molar refractivity (Wildman–Crippen MR) is 81.2 cm³/mol. The van der Waals surface area contributed by atoms with Gasteiger partial charge in [-0.3, -0.25) is 0 Å². The van der Waals surface area contributed by atoms with E-state index in [1.807, 2.05) is 36.4 Å². The summed E-state index contributed by atoms with van der Waals surface area (Å²) in [6.45, 7) is 3.76. The molecule has 0 aliphatic heterocycles. The van der Waals surface area contributed by atoms with Gasteiger partial charge in [-0.1, -0.05) is 30.9 Å². The smallest absolute Gasteiger partial charge is 0.139 e. The minimum atomic E-state index is 0.734. The van der Waals surface area contributed by atoms with Crippen LogP contribution in [0.15, 0.2) is 47.4 Å². The van der Waals surface area contributed by atoms with E-state index in [2.05, 4.69) is 6.58 Å². The van der Waals surface area contributed by atoms with Crippen molar-refractivity contribution in [3.63, 3.8) is 0 Å². The van der Waals surface area contributed by atoms with Crippen LogP contribution in [-0.4, -0.2) is 7.11 Å². The predicted octanol–water partition coefficient (Wildman–Crippen LogP) is 4.97. The summed E-state index contributed by atoms with van der Waals surface area (Å²) in [6.07, 6.45) is 1.79. The summed E-state index contributed by atoms with van der Waals surface area (Å²) >= 11 is 5.53. The molecule has 0 radical (unpaired) electrons. The fourth-order valence-electron chi connectivity index (χ4n) is 2.10. The van der Waals surface area contributed by atoms with Gasteiger partial charge in [-0.25, -0.2) is 0 Å². The van der Waals surface area contributed by atoms with Gasteiger partial charge in [0.15, 0.2) is 0 Å². The Bertz CT molecular complexity index is 846. The summed E-state index contributed by atoms with van der Waals surface area (Å²) in [4.78, 5) is 0. The zero-order valence-electron chi connectivity index (χ0n) is 10.5. The molecule has 3 rings (SSSR count). The van der Waals surface area contributed by atoms with Crippen molar-refractivity contribution in [1.82, 2.24) is 0 Å². The highest BCUT2D eigenvalue weighted by atomic mass is 32.1. The van der Waals surface area contributed by atoms with Crippen LogP contribution < -0.4 is 4.74 Å². The molecule has 0 saturated carbocycles. The Kier molecular flexibility index (Phi) is 2.84. The van der Waals surface area contributed by atoms with Crippen molar-refractivity contribution in [2.24, 2.45) is 0 Å². The quantitative estimate of drug-likeness (QED) is 0.484. The molecule has 0 aliphatic rings. The summed E-state index contributed by atoms with van der Waals surface area (Å²) < 4.78 is 11.9. The van der Waals surface area contributed by atoms with Gasteiger partial charge < -0.3 is 9.15 Å². The second-order valence-corrected chi connectivity index (χ2v) is 4.66. The number of ether oxygens (including phenoxy) is 1. The normalized spacial score (nSPS) is 10.8. The summed E-state index contributed by atoms with van der Waals surface area (Å²) in [6, 6.07) is 11.6. The fourth-order valence-corrected chi connectivity index (χ4v) is 2.44. The molecule has 3 heteroatoms. The zero-order valence-corrected chi connectivity index (χ0v) is 11.3. The molecule has 3 aromatic rings.